The highest BCUT2D eigenvalue weighted by molar-refractivity contribution is 5.35. The molecule has 1 heterocycles. The summed E-state index contributed by atoms with van der Waals surface area (Å²) in [6.07, 6.45) is 5.97. The van der Waals surface area contributed by atoms with Crippen LogP contribution in [0.5, 0.6) is 5.75 Å². The number of rotatable bonds is 2. The van der Waals surface area contributed by atoms with E-state index in [-0.39, 0.29) is 5.92 Å². The quantitative estimate of drug-likeness (QED) is 0.738. The average molecular weight is 202 g/mol. The van der Waals surface area contributed by atoms with Crippen molar-refractivity contribution in [2.24, 2.45) is 5.92 Å². The van der Waals surface area contributed by atoms with E-state index in [1.165, 1.54) is 0 Å². The van der Waals surface area contributed by atoms with Crippen molar-refractivity contribution in [1.29, 1.82) is 0 Å². The molecule has 78 valence electrons. The molecule has 0 bridgehead atoms. The van der Waals surface area contributed by atoms with Crippen LogP contribution in [-0.2, 0) is 6.42 Å². The second kappa shape index (κ2) is 4.37. The van der Waals surface area contributed by atoms with Crippen LogP contribution in [0.1, 0.15) is 12.0 Å². The van der Waals surface area contributed by atoms with Crippen LogP contribution >= 0.6 is 0 Å². The highest BCUT2D eigenvalue weighted by atomic mass is 16.5. The summed E-state index contributed by atoms with van der Waals surface area (Å²) in [6.45, 7) is 0.555. The Morgan fingerprint density at radius 1 is 1.53 bits per heavy atom. The van der Waals surface area contributed by atoms with Gasteiger partial charge >= 0.3 is 0 Å². The van der Waals surface area contributed by atoms with Crippen molar-refractivity contribution in [1.82, 2.24) is 0 Å². The molecule has 1 aromatic rings. The molecule has 2 atom stereocenters. The lowest BCUT2D eigenvalue weighted by Gasteiger charge is -2.27. The van der Waals surface area contributed by atoms with E-state index in [1.54, 1.807) is 0 Å². The van der Waals surface area contributed by atoms with Crippen molar-refractivity contribution in [3.8, 4) is 18.1 Å². The Bertz CT molecular complexity index is 378. The monoisotopic (exact) mass is 202 g/mol. The Labute approximate surface area is 89.9 Å². The third-order valence-corrected chi connectivity index (χ3v) is 2.78. The van der Waals surface area contributed by atoms with Gasteiger partial charge < -0.3 is 9.84 Å². The zero-order valence-electron chi connectivity index (χ0n) is 8.52. The molecule has 2 rings (SSSR count). The number of benzene rings is 1. The number of fused-ring (bicyclic) bond motifs is 1. The maximum atomic E-state index is 9.78. The van der Waals surface area contributed by atoms with E-state index in [1.807, 2.05) is 24.3 Å². The molecular formula is C13H14O2. The second-order valence-corrected chi connectivity index (χ2v) is 3.86. The molecule has 0 spiro atoms. The molecule has 0 amide bonds. The number of hydrogen-bond donors (Lipinski definition) is 1. The highest BCUT2D eigenvalue weighted by Crippen LogP contribution is 2.28. The molecule has 0 aliphatic carbocycles. The molecule has 2 nitrogen and oxygen atoms in total. The van der Waals surface area contributed by atoms with Gasteiger partial charge in [0.25, 0.3) is 0 Å². The molecule has 1 aromatic carbocycles. The summed E-state index contributed by atoms with van der Waals surface area (Å²) in [4.78, 5) is 0. The molecule has 0 radical (unpaired) electrons. The van der Waals surface area contributed by atoms with Gasteiger partial charge in [0, 0.05) is 12.3 Å². The van der Waals surface area contributed by atoms with Gasteiger partial charge in [-0.2, -0.15) is 0 Å². The molecular weight excluding hydrogens is 188 g/mol. The van der Waals surface area contributed by atoms with Crippen molar-refractivity contribution < 1.29 is 9.84 Å². The molecule has 2 heteroatoms. The summed E-state index contributed by atoms with van der Waals surface area (Å²) in [7, 11) is 0. The Morgan fingerprint density at radius 3 is 3.13 bits per heavy atom. The van der Waals surface area contributed by atoms with Gasteiger partial charge in [0.15, 0.2) is 0 Å². The Hall–Kier alpha value is -1.46. The minimum atomic E-state index is -0.455. The molecule has 2 unspecified atom stereocenters. The van der Waals surface area contributed by atoms with Crippen LogP contribution < -0.4 is 4.74 Å². The fraction of sp³-hybridized carbons (Fsp3) is 0.385. The third kappa shape index (κ3) is 2.14. The zero-order chi connectivity index (χ0) is 10.7. The Kier molecular flexibility index (Phi) is 2.94. The number of aliphatic hydroxyl groups excluding tert-OH is 1. The summed E-state index contributed by atoms with van der Waals surface area (Å²) in [5.41, 5.74) is 1.16. The number of ether oxygens (including phenoxy) is 1. The number of para-hydroxylation sites is 1. The number of aliphatic hydroxyl groups is 1. The standard InChI is InChI=1S/C13H14O2/c1-2-5-12(14)11-8-10-6-3-4-7-13(10)15-9-11/h1,3-4,6-7,11-12,14H,5,8-9H2. The molecule has 0 saturated carbocycles. The van der Waals surface area contributed by atoms with E-state index >= 15 is 0 Å². The second-order valence-electron chi connectivity index (χ2n) is 3.86. The first kappa shape index (κ1) is 10.1. The van der Waals surface area contributed by atoms with E-state index in [0.29, 0.717) is 13.0 Å². The van der Waals surface area contributed by atoms with Crippen molar-refractivity contribution in [3.05, 3.63) is 29.8 Å². The molecule has 1 N–H and O–H groups in total. The topological polar surface area (TPSA) is 29.5 Å². The SMILES string of the molecule is C#CCC(O)C1COc2ccccc2C1. The van der Waals surface area contributed by atoms with Gasteiger partial charge in [0.2, 0.25) is 0 Å². The number of hydrogen-bond acceptors (Lipinski definition) is 2. The van der Waals surface area contributed by atoms with Crippen LogP contribution in [0.15, 0.2) is 24.3 Å². The van der Waals surface area contributed by atoms with Gasteiger partial charge in [-0.15, -0.1) is 12.3 Å². The fourth-order valence-electron chi connectivity index (χ4n) is 1.89. The first-order valence-electron chi connectivity index (χ1n) is 5.13. The lowest BCUT2D eigenvalue weighted by Crippen LogP contribution is -2.31. The number of terminal acetylenes is 1. The third-order valence-electron chi connectivity index (χ3n) is 2.78. The van der Waals surface area contributed by atoms with Crippen molar-refractivity contribution >= 4 is 0 Å². The lowest BCUT2D eigenvalue weighted by molar-refractivity contribution is 0.0687. The lowest BCUT2D eigenvalue weighted by atomic mass is 9.91. The van der Waals surface area contributed by atoms with Crippen molar-refractivity contribution in [3.63, 3.8) is 0 Å². The van der Waals surface area contributed by atoms with Crippen molar-refractivity contribution in [2.75, 3.05) is 6.61 Å². The van der Waals surface area contributed by atoms with Gasteiger partial charge in [-0.05, 0) is 18.1 Å². The van der Waals surface area contributed by atoms with Gasteiger partial charge in [-0.25, -0.2) is 0 Å². The van der Waals surface area contributed by atoms with Gasteiger partial charge in [0.05, 0.1) is 12.7 Å². The summed E-state index contributed by atoms with van der Waals surface area (Å²) >= 11 is 0. The molecule has 0 fully saturated rings. The Morgan fingerprint density at radius 2 is 2.33 bits per heavy atom. The summed E-state index contributed by atoms with van der Waals surface area (Å²) in [6, 6.07) is 7.93. The normalized spacial score (nSPS) is 20.9. The predicted octanol–water partition coefficient (Wildman–Crippen LogP) is 1.62. The first-order chi connectivity index (χ1) is 7.31. The smallest absolute Gasteiger partial charge is 0.122 e. The van der Waals surface area contributed by atoms with Gasteiger partial charge in [0.1, 0.15) is 5.75 Å². The summed E-state index contributed by atoms with van der Waals surface area (Å²) < 4.78 is 5.57. The van der Waals surface area contributed by atoms with E-state index in [2.05, 4.69) is 5.92 Å². The average Bonchev–Trinajstić information content (AvgIpc) is 2.29. The highest BCUT2D eigenvalue weighted by Gasteiger charge is 2.25. The van der Waals surface area contributed by atoms with Crippen LogP contribution in [0, 0.1) is 18.3 Å². The van der Waals surface area contributed by atoms with E-state index in [4.69, 9.17) is 11.2 Å². The molecule has 0 saturated heterocycles. The minimum absolute atomic E-state index is 0.121. The van der Waals surface area contributed by atoms with E-state index in [9.17, 15) is 5.11 Å². The largest absolute Gasteiger partial charge is 0.493 e. The first-order valence-corrected chi connectivity index (χ1v) is 5.13. The van der Waals surface area contributed by atoms with Crippen LogP contribution in [0.3, 0.4) is 0 Å². The maximum Gasteiger partial charge on any atom is 0.122 e. The van der Waals surface area contributed by atoms with E-state index in [0.717, 1.165) is 17.7 Å². The Balaban J connectivity index is 2.09. The molecule has 0 aromatic heterocycles. The van der Waals surface area contributed by atoms with Crippen molar-refractivity contribution in [2.45, 2.75) is 18.9 Å². The van der Waals surface area contributed by atoms with Crippen LogP contribution in [0.2, 0.25) is 0 Å². The maximum absolute atomic E-state index is 9.78. The van der Waals surface area contributed by atoms with Gasteiger partial charge in [-0.3, -0.25) is 0 Å². The summed E-state index contributed by atoms with van der Waals surface area (Å²) in [5.74, 6) is 3.54. The van der Waals surface area contributed by atoms with Crippen LogP contribution in [0.4, 0.5) is 0 Å². The molecule has 1 aliphatic rings. The molecule has 15 heavy (non-hydrogen) atoms. The predicted molar refractivity (Wildman–Crippen MR) is 58.6 cm³/mol. The molecule has 1 aliphatic heterocycles. The van der Waals surface area contributed by atoms with Gasteiger partial charge in [-0.1, -0.05) is 18.2 Å². The van der Waals surface area contributed by atoms with Crippen LogP contribution in [-0.4, -0.2) is 17.8 Å². The zero-order valence-corrected chi connectivity index (χ0v) is 8.52. The van der Waals surface area contributed by atoms with Crippen LogP contribution in [0.25, 0.3) is 0 Å². The van der Waals surface area contributed by atoms with E-state index < -0.39 is 6.10 Å². The fourth-order valence-corrected chi connectivity index (χ4v) is 1.89. The summed E-state index contributed by atoms with van der Waals surface area (Å²) in [5, 5.41) is 9.78. The minimum Gasteiger partial charge on any atom is -0.493 e.